The summed E-state index contributed by atoms with van der Waals surface area (Å²) < 4.78 is 4.62. The van der Waals surface area contributed by atoms with Crippen molar-refractivity contribution in [3.63, 3.8) is 0 Å². The van der Waals surface area contributed by atoms with E-state index in [4.69, 9.17) is 0 Å². The van der Waals surface area contributed by atoms with Gasteiger partial charge >= 0.3 is 5.97 Å². The summed E-state index contributed by atoms with van der Waals surface area (Å²) in [7, 11) is 1.35. The first-order chi connectivity index (χ1) is 9.78. The highest BCUT2D eigenvalue weighted by atomic mass is 16.5. The first kappa shape index (κ1) is 13.3. The number of hydrogen-bond donors (Lipinski definition) is 0. The van der Waals surface area contributed by atoms with Crippen LogP contribution in [0.25, 0.3) is 0 Å². The molecule has 6 nitrogen and oxygen atoms in total. The number of aromatic nitrogens is 2. The van der Waals surface area contributed by atoms with Crippen molar-refractivity contribution < 1.29 is 9.53 Å². The van der Waals surface area contributed by atoms with Crippen molar-refractivity contribution in [1.29, 1.82) is 0 Å². The molecule has 1 atom stereocenters. The molecule has 0 aromatic carbocycles. The van der Waals surface area contributed by atoms with Crippen LogP contribution in [0.4, 0.5) is 5.82 Å². The van der Waals surface area contributed by atoms with Gasteiger partial charge in [-0.15, -0.1) is 0 Å². The fourth-order valence-electron chi connectivity index (χ4n) is 3.05. The third-order valence-electron chi connectivity index (χ3n) is 4.18. The lowest BCUT2D eigenvalue weighted by atomic mass is 10.2. The fourth-order valence-corrected chi connectivity index (χ4v) is 3.05. The Morgan fingerprint density at radius 1 is 1.25 bits per heavy atom. The van der Waals surface area contributed by atoms with Gasteiger partial charge in [-0.05, 0) is 32.4 Å². The molecule has 2 aliphatic heterocycles. The standard InChI is InChI=1S/C14H20N4O2/c1-20-14(19)12-8-16-13(9-15-12)18-7-4-11(10-18)17-5-2-3-6-17/h8-9,11H,2-7,10H2,1H3. The van der Waals surface area contributed by atoms with Gasteiger partial charge in [0.25, 0.3) is 0 Å². The smallest absolute Gasteiger partial charge is 0.358 e. The van der Waals surface area contributed by atoms with Gasteiger partial charge in [0, 0.05) is 19.1 Å². The number of nitrogens with zero attached hydrogens (tertiary/aromatic N) is 4. The molecule has 0 N–H and O–H groups in total. The zero-order chi connectivity index (χ0) is 13.9. The van der Waals surface area contributed by atoms with Crippen LogP contribution in [0.15, 0.2) is 12.4 Å². The number of hydrogen-bond acceptors (Lipinski definition) is 6. The molecule has 6 heteroatoms. The second-order valence-corrected chi connectivity index (χ2v) is 5.38. The van der Waals surface area contributed by atoms with E-state index >= 15 is 0 Å². The van der Waals surface area contributed by atoms with Gasteiger partial charge in [-0.1, -0.05) is 0 Å². The first-order valence-electron chi connectivity index (χ1n) is 7.17. The first-order valence-corrected chi connectivity index (χ1v) is 7.17. The summed E-state index contributed by atoms with van der Waals surface area (Å²) in [5, 5.41) is 0. The minimum atomic E-state index is -0.444. The summed E-state index contributed by atoms with van der Waals surface area (Å²) >= 11 is 0. The molecule has 2 saturated heterocycles. The number of methoxy groups -OCH3 is 1. The van der Waals surface area contributed by atoms with E-state index in [9.17, 15) is 4.79 Å². The van der Waals surface area contributed by atoms with Crippen molar-refractivity contribution in [2.75, 3.05) is 38.2 Å². The van der Waals surface area contributed by atoms with Crippen molar-refractivity contribution in [2.24, 2.45) is 0 Å². The monoisotopic (exact) mass is 276 g/mol. The minimum absolute atomic E-state index is 0.256. The molecule has 1 aromatic heterocycles. The molecule has 2 aliphatic rings. The Morgan fingerprint density at radius 2 is 2.05 bits per heavy atom. The molecule has 1 unspecified atom stereocenters. The zero-order valence-corrected chi connectivity index (χ0v) is 11.8. The Labute approximate surface area is 118 Å². The Balaban J connectivity index is 1.63. The van der Waals surface area contributed by atoms with E-state index in [-0.39, 0.29) is 5.69 Å². The lowest BCUT2D eigenvalue weighted by molar-refractivity contribution is 0.0593. The number of rotatable bonds is 3. The lowest BCUT2D eigenvalue weighted by Crippen LogP contribution is -2.35. The fraction of sp³-hybridized carbons (Fsp3) is 0.643. The van der Waals surface area contributed by atoms with E-state index < -0.39 is 5.97 Å². The summed E-state index contributed by atoms with van der Waals surface area (Å²) in [6, 6.07) is 0.639. The normalized spacial score (nSPS) is 23.2. The Kier molecular flexibility index (Phi) is 3.82. The maximum atomic E-state index is 11.3. The molecule has 0 spiro atoms. The van der Waals surface area contributed by atoms with Crippen LogP contribution in [0.2, 0.25) is 0 Å². The summed E-state index contributed by atoms with van der Waals surface area (Å²) in [6.07, 6.45) is 6.98. The number of carbonyl (C=O) groups excluding carboxylic acids is 1. The molecule has 20 heavy (non-hydrogen) atoms. The predicted molar refractivity (Wildman–Crippen MR) is 74.8 cm³/mol. The van der Waals surface area contributed by atoms with Crippen molar-refractivity contribution in [3.8, 4) is 0 Å². The van der Waals surface area contributed by atoms with Gasteiger partial charge in [0.1, 0.15) is 5.82 Å². The molecule has 2 fully saturated rings. The average molecular weight is 276 g/mol. The van der Waals surface area contributed by atoms with Gasteiger partial charge in [-0.2, -0.15) is 0 Å². The zero-order valence-electron chi connectivity index (χ0n) is 11.8. The molecule has 0 bridgehead atoms. The molecule has 0 aliphatic carbocycles. The molecule has 1 aromatic rings. The molecule has 0 radical (unpaired) electrons. The van der Waals surface area contributed by atoms with E-state index in [2.05, 4.69) is 24.5 Å². The highest BCUT2D eigenvalue weighted by Crippen LogP contribution is 2.23. The van der Waals surface area contributed by atoms with E-state index in [1.165, 1.54) is 45.7 Å². The molecule has 0 amide bonds. The molecule has 0 saturated carbocycles. The van der Waals surface area contributed by atoms with Crippen molar-refractivity contribution in [1.82, 2.24) is 14.9 Å². The van der Waals surface area contributed by atoms with E-state index in [0.29, 0.717) is 6.04 Å². The number of ether oxygens (including phenoxy) is 1. The topological polar surface area (TPSA) is 58.6 Å². The van der Waals surface area contributed by atoms with E-state index in [0.717, 1.165) is 18.9 Å². The average Bonchev–Trinajstić information content (AvgIpc) is 3.17. The number of anilines is 1. The maximum absolute atomic E-state index is 11.3. The highest BCUT2D eigenvalue weighted by Gasteiger charge is 2.29. The summed E-state index contributed by atoms with van der Waals surface area (Å²) in [5.74, 6) is 0.403. The predicted octanol–water partition coefficient (Wildman–Crippen LogP) is 0.938. The molecule has 108 valence electrons. The van der Waals surface area contributed by atoms with Crippen LogP contribution < -0.4 is 4.90 Å². The molecule has 3 rings (SSSR count). The highest BCUT2D eigenvalue weighted by molar-refractivity contribution is 5.86. The van der Waals surface area contributed by atoms with Crippen LogP contribution in [0.3, 0.4) is 0 Å². The number of likely N-dealkylation sites (tertiary alicyclic amines) is 1. The Morgan fingerprint density at radius 3 is 2.70 bits per heavy atom. The van der Waals surface area contributed by atoms with Crippen LogP contribution >= 0.6 is 0 Å². The SMILES string of the molecule is COC(=O)c1cnc(N2CCC(N3CCCC3)C2)cn1. The largest absolute Gasteiger partial charge is 0.464 e. The molecule has 3 heterocycles. The van der Waals surface area contributed by atoms with Crippen LogP contribution in [0.1, 0.15) is 29.8 Å². The summed E-state index contributed by atoms with van der Waals surface area (Å²) in [6.45, 7) is 4.47. The number of carbonyl (C=O) groups is 1. The van der Waals surface area contributed by atoms with Gasteiger partial charge < -0.3 is 9.64 Å². The summed E-state index contributed by atoms with van der Waals surface area (Å²) in [5.41, 5.74) is 0.256. The van der Waals surface area contributed by atoms with Gasteiger partial charge in [-0.3, -0.25) is 4.90 Å². The summed E-state index contributed by atoms with van der Waals surface area (Å²) in [4.78, 5) is 24.6. The number of esters is 1. The molecular weight excluding hydrogens is 256 g/mol. The van der Waals surface area contributed by atoms with Gasteiger partial charge in [0.15, 0.2) is 5.69 Å². The second-order valence-electron chi connectivity index (χ2n) is 5.38. The lowest BCUT2D eigenvalue weighted by Gasteiger charge is -2.23. The molecular formula is C14H20N4O2. The third-order valence-corrected chi connectivity index (χ3v) is 4.18. The minimum Gasteiger partial charge on any atom is -0.464 e. The van der Waals surface area contributed by atoms with Crippen molar-refractivity contribution in [2.45, 2.75) is 25.3 Å². The van der Waals surface area contributed by atoms with Gasteiger partial charge in [-0.25, -0.2) is 14.8 Å². The second kappa shape index (κ2) is 5.75. The maximum Gasteiger partial charge on any atom is 0.358 e. The quantitative estimate of drug-likeness (QED) is 0.766. The van der Waals surface area contributed by atoms with Crippen LogP contribution in [0, 0.1) is 0 Å². The Hall–Kier alpha value is -1.69. The van der Waals surface area contributed by atoms with Crippen molar-refractivity contribution >= 4 is 11.8 Å². The van der Waals surface area contributed by atoms with Crippen LogP contribution in [-0.2, 0) is 4.74 Å². The van der Waals surface area contributed by atoms with Crippen LogP contribution in [-0.4, -0.2) is 60.2 Å². The van der Waals surface area contributed by atoms with E-state index in [1.54, 1.807) is 6.20 Å². The Bertz CT molecular complexity index is 471. The van der Waals surface area contributed by atoms with Crippen LogP contribution in [0.5, 0.6) is 0 Å². The van der Waals surface area contributed by atoms with Gasteiger partial charge in [0.05, 0.1) is 19.5 Å². The third kappa shape index (κ3) is 2.60. The van der Waals surface area contributed by atoms with Gasteiger partial charge in [0.2, 0.25) is 0 Å². The van der Waals surface area contributed by atoms with Crippen molar-refractivity contribution in [3.05, 3.63) is 18.1 Å². The van der Waals surface area contributed by atoms with E-state index in [1.807, 2.05) is 0 Å².